The number of carboxylic acids is 1. The molecule has 0 saturated heterocycles. The van der Waals surface area contributed by atoms with E-state index in [9.17, 15) is 9.90 Å². The minimum Gasteiger partial charge on any atom is -0.494 e. The summed E-state index contributed by atoms with van der Waals surface area (Å²) in [6, 6.07) is 7.99. The molecule has 0 spiro atoms. The molecule has 3 unspecified atom stereocenters. The van der Waals surface area contributed by atoms with Gasteiger partial charge >= 0.3 is 5.97 Å². The van der Waals surface area contributed by atoms with E-state index in [1.807, 2.05) is 24.3 Å². The maximum Gasteiger partial charge on any atom is 0.307 e. The van der Waals surface area contributed by atoms with Crippen LogP contribution in [-0.2, 0) is 4.79 Å². The average molecular weight is 276 g/mol. The Morgan fingerprint density at radius 3 is 2.60 bits per heavy atom. The van der Waals surface area contributed by atoms with Crippen molar-refractivity contribution in [3.05, 3.63) is 29.8 Å². The number of ether oxygens (including phenoxy) is 1. The van der Waals surface area contributed by atoms with Crippen molar-refractivity contribution in [2.45, 2.75) is 45.4 Å². The van der Waals surface area contributed by atoms with Crippen molar-refractivity contribution >= 4 is 5.97 Å². The zero-order valence-electron chi connectivity index (χ0n) is 12.3. The second-order valence-corrected chi connectivity index (χ2v) is 5.89. The fourth-order valence-electron chi connectivity index (χ4n) is 3.08. The first kappa shape index (κ1) is 14.9. The molecule has 3 nitrogen and oxygen atoms in total. The van der Waals surface area contributed by atoms with Crippen molar-refractivity contribution in [3.8, 4) is 5.75 Å². The van der Waals surface area contributed by atoms with Gasteiger partial charge in [0.25, 0.3) is 0 Å². The highest BCUT2D eigenvalue weighted by molar-refractivity contribution is 5.71. The fourth-order valence-corrected chi connectivity index (χ4v) is 3.08. The molecule has 1 N–H and O–H groups in total. The molecule has 1 saturated carbocycles. The summed E-state index contributed by atoms with van der Waals surface area (Å²) >= 11 is 0. The minimum absolute atomic E-state index is 0.136. The van der Waals surface area contributed by atoms with Gasteiger partial charge in [-0.3, -0.25) is 4.79 Å². The van der Waals surface area contributed by atoms with Gasteiger partial charge in [0.2, 0.25) is 0 Å². The lowest BCUT2D eigenvalue weighted by Gasteiger charge is -2.32. The van der Waals surface area contributed by atoms with E-state index in [1.165, 1.54) is 0 Å². The van der Waals surface area contributed by atoms with E-state index in [0.717, 1.165) is 43.6 Å². The van der Waals surface area contributed by atoms with Crippen LogP contribution >= 0.6 is 0 Å². The molecule has 3 heteroatoms. The van der Waals surface area contributed by atoms with E-state index < -0.39 is 5.97 Å². The first-order chi connectivity index (χ1) is 9.61. The van der Waals surface area contributed by atoms with Gasteiger partial charge in [-0.1, -0.05) is 26.0 Å². The lowest BCUT2D eigenvalue weighted by atomic mass is 9.71. The van der Waals surface area contributed by atoms with Crippen LogP contribution in [0.4, 0.5) is 0 Å². The normalized spacial score (nSPS) is 26.2. The third kappa shape index (κ3) is 3.53. The van der Waals surface area contributed by atoms with Crippen LogP contribution in [0.25, 0.3) is 0 Å². The van der Waals surface area contributed by atoms with Crippen molar-refractivity contribution in [1.82, 2.24) is 0 Å². The Bertz CT molecular complexity index is 438. The van der Waals surface area contributed by atoms with E-state index >= 15 is 0 Å². The molecule has 110 valence electrons. The van der Waals surface area contributed by atoms with E-state index in [0.29, 0.717) is 5.92 Å². The van der Waals surface area contributed by atoms with E-state index in [2.05, 4.69) is 13.8 Å². The number of carbonyl (C=O) groups is 1. The van der Waals surface area contributed by atoms with Gasteiger partial charge in [-0.2, -0.15) is 0 Å². The summed E-state index contributed by atoms with van der Waals surface area (Å²) in [7, 11) is 0. The van der Waals surface area contributed by atoms with Crippen LogP contribution in [0.2, 0.25) is 0 Å². The highest BCUT2D eigenvalue weighted by Crippen LogP contribution is 2.40. The smallest absolute Gasteiger partial charge is 0.307 e. The average Bonchev–Trinajstić information content (AvgIpc) is 2.45. The first-order valence-corrected chi connectivity index (χ1v) is 7.57. The summed E-state index contributed by atoms with van der Waals surface area (Å²) in [6.45, 7) is 5.01. The molecule has 2 rings (SSSR count). The SMILES string of the molecule is CCCOc1ccc(C2CC(C)CCC2C(=O)O)cc1. The fraction of sp³-hybridized carbons (Fsp3) is 0.588. The monoisotopic (exact) mass is 276 g/mol. The standard InChI is InChI=1S/C17H24O3/c1-3-10-20-14-7-5-13(6-8-14)16-11-12(2)4-9-15(16)17(18)19/h5-8,12,15-16H,3-4,9-11H2,1-2H3,(H,18,19). The zero-order chi connectivity index (χ0) is 14.5. The number of aliphatic carboxylic acids is 1. The van der Waals surface area contributed by atoms with Gasteiger partial charge in [0.15, 0.2) is 0 Å². The number of hydrogen-bond donors (Lipinski definition) is 1. The molecule has 1 aromatic rings. The van der Waals surface area contributed by atoms with E-state index in [4.69, 9.17) is 4.74 Å². The van der Waals surface area contributed by atoms with Crippen LogP contribution in [0.15, 0.2) is 24.3 Å². The molecule has 1 fully saturated rings. The van der Waals surface area contributed by atoms with Crippen LogP contribution in [0.3, 0.4) is 0 Å². The zero-order valence-corrected chi connectivity index (χ0v) is 12.3. The van der Waals surface area contributed by atoms with Gasteiger partial charge < -0.3 is 9.84 Å². The van der Waals surface area contributed by atoms with Crippen molar-refractivity contribution in [2.75, 3.05) is 6.61 Å². The minimum atomic E-state index is -0.659. The predicted molar refractivity (Wildman–Crippen MR) is 79.1 cm³/mol. The third-order valence-corrected chi connectivity index (χ3v) is 4.21. The van der Waals surface area contributed by atoms with Gasteiger partial charge in [0.1, 0.15) is 5.75 Å². The maximum absolute atomic E-state index is 11.4. The van der Waals surface area contributed by atoms with Crippen molar-refractivity contribution in [3.63, 3.8) is 0 Å². The van der Waals surface area contributed by atoms with Crippen molar-refractivity contribution < 1.29 is 14.6 Å². The lowest BCUT2D eigenvalue weighted by Crippen LogP contribution is -2.28. The second-order valence-electron chi connectivity index (χ2n) is 5.89. The van der Waals surface area contributed by atoms with Crippen LogP contribution in [0, 0.1) is 11.8 Å². The highest BCUT2D eigenvalue weighted by atomic mass is 16.5. The first-order valence-electron chi connectivity index (χ1n) is 7.57. The Balaban J connectivity index is 2.12. The molecule has 0 radical (unpaired) electrons. The molecular formula is C17H24O3. The van der Waals surface area contributed by atoms with Gasteiger partial charge in [-0.15, -0.1) is 0 Å². The Labute approximate surface area is 121 Å². The van der Waals surface area contributed by atoms with Crippen LogP contribution in [0.5, 0.6) is 5.75 Å². The molecule has 1 aromatic carbocycles. The number of carboxylic acid groups (broad SMARTS) is 1. The van der Waals surface area contributed by atoms with Gasteiger partial charge in [0, 0.05) is 0 Å². The molecule has 3 atom stereocenters. The Morgan fingerprint density at radius 2 is 2.00 bits per heavy atom. The Morgan fingerprint density at radius 1 is 1.30 bits per heavy atom. The topological polar surface area (TPSA) is 46.5 Å². The van der Waals surface area contributed by atoms with Crippen LogP contribution in [-0.4, -0.2) is 17.7 Å². The molecule has 0 bridgehead atoms. The largest absolute Gasteiger partial charge is 0.494 e. The number of hydrogen-bond acceptors (Lipinski definition) is 2. The quantitative estimate of drug-likeness (QED) is 0.881. The molecule has 1 aliphatic carbocycles. The maximum atomic E-state index is 11.4. The summed E-state index contributed by atoms with van der Waals surface area (Å²) in [6.07, 6.45) is 3.76. The van der Waals surface area contributed by atoms with Gasteiger partial charge in [-0.25, -0.2) is 0 Å². The summed E-state index contributed by atoms with van der Waals surface area (Å²) < 4.78 is 5.58. The van der Waals surface area contributed by atoms with Crippen molar-refractivity contribution in [1.29, 1.82) is 0 Å². The summed E-state index contributed by atoms with van der Waals surface area (Å²) in [5.41, 5.74) is 1.13. The molecule has 0 aliphatic heterocycles. The lowest BCUT2D eigenvalue weighted by molar-refractivity contribution is -0.143. The predicted octanol–water partition coefficient (Wildman–Crippen LogP) is 4.08. The summed E-state index contributed by atoms with van der Waals surface area (Å²) in [4.78, 5) is 11.4. The van der Waals surface area contributed by atoms with Gasteiger partial charge in [0.05, 0.1) is 12.5 Å². The Hall–Kier alpha value is -1.51. The highest BCUT2D eigenvalue weighted by Gasteiger charge is 2.34. The van der Waals surface area contributed by atoms with E-state index in [1.54, 1.807) is 0 Å². The molecule has 1 aliphatic rings. The Kier molecular flexibility index (Phi) is 5.05. The number of benzene rings is 1. The molecule has 0 amide bonds. The summed E-state index contributed by atoms with van der Waals surface area (Å²) in [5, 5.41) is 9.40. The number of rotatable bonds is 5. The van der Waals surface area contributed by atoms with Gasteiger partial charge in [-0.05, 0) is 55.2 Å². The third-order valence-electron chi connectivity index (χ3n) is 4.21. The van der Waals surface area contributed by atoms with Crippen LogP contribution in [0.1, 0.15) is 51.0 Å². The molecule has 0 aromatic heterocycles. The summed E-state index contributed by atoms with van der Waals surface area (Å²) in [5.74, 6) is 0.705. The molecule has 0 heterocycles. The molecule has 20 heavy (non-hydrogen) atoms. The molecular weight excluding hydrogens is 252 g/mol. The van der Waals surface area contributed by atoms with Crippen molar-refractivity contribution in [2.24, 2.45) is 11.8 Å². The van der Waals surface area contributed by atoms with E-state index in [-0.39, 0.29) is 11.8 Å². The second kappa shape index (κ2) is 6.78. The van der Waals surface area contributed by atoms with Crippen LogP contribution < -0.4 is 4.74 Å².